The summed E-state index contributed by atoms with van der Waals surface area (Å²) in [6.07, 6.45) is 0. The van der Waals surface area contributed by atoms with Crippen molar-refractivity contribution in [3.63, 3.8) is 0 Å². The van der Waals surface area contributed by atoms with Gasteiger partial charge in [-0.15, -0.1) is 0 Å². The first-order valence-corrected chi connectivity index (χ1v) is 7.26. The second-order valence-electron chi connectivity index (χ2n) is 4.50. The third kappa shape index (κ3) is 3.90. The zero-order valence-corrected chi connectivity index (χ0v) is 13.3. The van der Waals surface area contributed by atoms with Gasteiger partial charge >= 0.3 is 0 Å². The van der Waals surface area contributed by atoms with Crippen LogP contribution in [0.5, 0.6) is 5.75 Å². The van der Waals surface area contributed by atoms with E-state index in [2.05, 4.69) is 5.32 Å². The van der Waals surface area contributed by atoms with Crippen LogP contribution in [0.2, 0.25) is 10.0 Å². The Kier molecular flexibility index (Phi) is 5.10. The third-order valence-electron chi connectivity index (χ3n) is 2.92. The topological polar surface area (TPSA) is 38.3 Å². The minimum absolute atomic E-state index is 0.250. The molecule has 0 aliphatic rings. The van der Waals surface area contributed by atoms with E-state index in [1.165, 1.54) is 0 Å². The van der Waals surface area contributed by atoms with Gasteiger partial charge < -0.3 is 10.1 Å². The molecule has 0 bridgehead atoms. The lowest BCUT2D eigenvalue weighted by molar-refractivity contribution is 0.102. The molecule has 2 rings (SSSR count). The van der Waals surface area contributed by atoms with Gasteiger partial charge in [0.2, 0.25) is 0 Å². The van der Waals surface area contributed by atoms with Gasteiger partial charge in [0.05, 0.1) is 11.6 Å². The van der Waals surface area contributed by atoms with Crippen LogP contribution in [0, 0.1) is 6.92 Å². The summed E-state index contributed by atoms with van der Waals surface area (Å²) in [6, 6.07) is 10.3. The summed E-state index contributed by atoms with van der Waals surface area (Å²) >= 11 is 12.1. The quantitative estimate of drug-likeness (QED) is 0.864. The Morgan fingerprint density at radius 3 is 2.52 bits per heavy atom. The highest BCUT2D eigenvalue weighted by Crippen LogP contribution is 2.26. The maximum Gasteiger partial charge on any atom is 0.255 e. The Labute approximate surface area is 133 Å². The number of hydrogen-bond acceptors (Lipinski definition) is 2. The van der Waals surface area contributed by atoms with Crippen LogP contribution in [0.3, 0.4) is 0 Å². The fourth-order valence-electron chi connectivity index (χ4n) is 1.79. The molecule has 0 aromatic heterocycles. The van der Waals surface area contributed by atoms with E-state index in [1.54, 1.807) is 30.3 Å². The van der Waals surface area contributed by atoms with Gasteiger partial charge in [-0.2, -0.15) is 0 Å². The summed E-state index contributed by atoms with van der Waals surface area (Å²) < 4.78 is 5.34. The van der Waals surface area contributed by atoms with Crippen LogP contribution in [-0.4, -0.2) is 12.5 Å². The normalized spacial score (nSPS) is 10.3. The molecule has 0 spiro atoms. The Hall–Kier alpha value is -1.71. The van der Waals surface area contributed by atoms with Crippen LogP contribution >= 0.6 is 23.2 Å². The monoisotopic (exact) mass is 323 g/mol. The van der Waals surface area contributed by atoms with E-state index in [0.29, 0.717) is 33.7 Å². The largest absolute Gasteiger partial charge is 0.492 e. The number of aryl methyl sites for hydroxylation is 1. The number of carbonyl (C=O) groups excluding carboxylic acids is 1. The molecule has 0 aliphatic carbocycles. The van der Waals surface area contributed by atoms with Gasteiger partial charge in [0, 0.05) is 16.3 Å². The molecule has 2 aromatic carbocycles. The highest BCUT2D eigenvalue weighted by Gasteiger charge is 2.10. The first-order chi connectivity index (χ1) is 10.0. The summed E-state index contributed by atoms with van der Waals surface area (Å²) in [5.74, 6) is 0.314. The summed E-state index contributed by atoms with van der Waals surface area (Å²) in [4.78, 5) is 12.2. The van der Waals surface area contributed by atoms with Crippen LogP contribution in [-0.2, 0) is 0 Å². The van der Waals surface area contributed by atoms with Gasteiger partial charge in [0.1, 0.15) is 5.75 Å². The molecule has 1 amide bonds. The van der Waals surface area contributed by atoms with E-state index in [-0.39, 0.29) is 5.91 Å². The number of anilines is 1. The molecule has 0 atom stereocenters. The SMILES string of the molecule is CCOc1ccc(C(=O)Nc2ccc(C)c(Cl)c2)cc1Cl. The van der Waals surface area contributed by atoms with Crippen LogP contribution in [0.1, 0.15) is 22.8 Å². The van der Waals surface area contributed by atoms with E-state index in [9.17, 15) is 4.79 Å². The van der Waals surface area contributed by atoms with Crippen LogP contribution in [0.25, 0.3) is 0 Å². The van der Waals surface area contributed by atoms with Crippen molar-refractivity contribution in [3.05, 3.63) is 57.6 Å². The zero-order chi connectivity index (χ0) is 15.4. The Balaban J connectivity index is 2.16. The number of rotatable bonds is 4. The third-order valence-corrected chi connectivity index (χ3v) is 3.63. The molecule has 0 saturated carbocycles. The van der Waals surface area contributed by atoms with E-state index >= 15 is 0 Å². The number of ether oxygens (including phenoxy) is 1. The molecule has 5 heteroatoms. The standard InChI is InChI=1S/C16H15Cl2NO2/c1-3-21-15-7-5-11(8-14(15)18)16(20)19-12-6-4-10(2)13(17)9-12/h4-9H,3H2,1-2H3,(H,19,20). The second kappa shape index (κ2) is 6.83. The molecule has 0 aliphatic heterocycles. The molecule has 0 radical (unpaired) electrons. The number of hydrogen-bond donors (Lipinski definition) is 1. The molecule has 21 heavy (non-hydrogen) atoms. The van der Waals surface area contributed by atoms with Crippen molar-refractivity contribution in [3.8, 4) is 5.75 Å². The predicted octanol–water partition coefficient (Wildman–Crippen LogP) is 4.95. The summed E-state index contributed by atoms with van der Waals surface area (Å²) in [5.41, 5.74) is 2.06. The van der Waals surface area contributed by atoms with E-state index in [1.807, 2.05) is 19.9 Å². The number of amides is 1. The van der Waals surface area contributed by atoms with Crippen LogP contribution < -0.4 is 10.1 Å². The summed E-state index contributed by atoms with van der Waals surface area (Å²) in [7, 11) is 0. The van der Waals surface area contributed by atoms with Gasteiger partial charge in [-0.25, -0.2) is 0 Å². The van der Waals surface area contributed by atoms with E-state index < -0.39 is 0 Å². The number of nitrogens with one attached hydrogen (secondary N) is 1. The van der Waals surface area contributed by atoms with Gasteiger partial charge in [0.25, 0.3) is 5.91 Å². The Bertz CT molecular complexity index is 671. The van der Waals surface area contributed by atoms with Crippen LogP contribution in [0.4, 0.5) is 5.69 Å². The Morgan fingerprint density at radius 1 is 1.14 bits per heavy atom. The first-order valence-electron chi connectivity index (χ1n) is 6.51. The van der Waals surface area contributed by atoms with Gasteiger partial charge in [-0.3, -0.25) is 4.79 Å². The first kappa shape index (κ1) is 15.7. The Morgan fingerprint density at radius 2 is 1.90 bits per heavy atom. The highest BCUT2D eigenvalue weighted by atomic mass is 35.5. The van der Waals surface area contributed by atoms with Gasteiger partial charge in [-0.1, -0.05) is 29.3 Å². The molecule has 1 N–H and O–H groups in total. The van der Waals surface area contributed by atoms with Crippen molar-refractivity contribution in [1.82, 2.24) is 0 Å². The smallest absolute Gasteiger partial charge is 0.255 e. The summed E-state index contributed by atoms with van der Waals surface area (Å²) in [5, 5.41) is 3.80. The molecule has 3 nitrogen and oxygen atoms in total. The lowest BCUT2D eigenvalue weighted by atomic mass is 10.2. The summed E-state index contributed by atoms with van der Waals surface area (Å²) in [6.45, 7) is 4.30. The molecule has 0 heterocycles. The average molecular weight is 324 g/mol. The average Bonchev–Trinajstić information content (AvgIpc) is 2.45. The number of halogens is 2. The maximum absolute atomic E-state index is 12.2. The lowest BCUT2D eigenvalue weighted by Gasteiger charge is -2.09. The molecular formula is C16H15Cl2NO2. The van der Waals surface area contributed by atoms with Gasteiger partial charge in [-0.05, 0) is 49.7 Å². The maximum atomic E-state index is 12.2. The van der Waals surface area contributed by atoms with Crippen molar-refractivity contribution < 1.29 is 9.53 Å². The van der Waals surface area contributed by atoms with Crippen molar-refractivity contribution >= 4 is 34.8 Å². The second-order valence-corrected chi connectivity index (χ2v) is 5.31. The highest BCUT2D eigenvalue weighted by molar-refractivity contribution is 6.32. The minimum Gasteiger partial charge on any atom is -0.492 e. The molecule has 0 fully saturated rings. The van der Waals surface area contributed by atoms with E-state index in [4.69, 9.17) is 27.9 Å². The molecule has 2 aromatic rings. The van der Waals surface area contributed by atoms with Crippen LogP contribution in [0.15, 0.2) is 36.4 Å². The lowest BCUT2D eigenvalue weighted by Crippen LogP contribution is -2.12. The number of benzene rings is 2. The molecule has 0 unspecified atom stereocenters. The van der Waals surface area contributed by atoms with Crippen molar-refractivity contribution in [1.29, 1.82) is 0 Å². The van der Waals surface area contributed by atoms with E-state index in [0.717, 1.165) is 5.56 Å². The van der Waals surface area contributed by atoms with Crippen molar-refractivity contribution in [2.45, 2.75) is 13.8 Å². The molecule has 0 saturated heterocycles. The zero-order valence-electron chi connectivity index (χ0n) is 11.7. The fraction of sp³-hybridized carbons (Fsp3) is 0.188. The molecule has 110 valence electrons. The fourth-order valence-corrected chi connectivity index (χ4v) is 2.20. The molecular weight excluding hydrogens is 309 g/mol. The minimum atomic E-state index is -0.250. The predicted molar refractivity (Wildman–Crippen MR) is 86.8 cm³/mol. The van der Waals surface area contributed by atoms with Gasteiger partial charge in [0.15, 0.2) is 0 Å². The van der Waals surface area contributed by atoms with Crippen molar-refractivity contribution in [2.75, 3.05) is 11.9 Å². The van der Waals surface area contributed by atoms with Crippen molar-refractivity contribution in [2.24, 2.45) is 0 Å². The number of carbonyl (C=O) groups is 1.